The molecule has 4 rings (SSSR count). The van der Waals surface area contributed by atoms with E-state index < -0.39 is 16.1 Å². The highest BCUT2D eigenvalue weighted by atomic mass is 35.5. The highest BCUT2D eigenvalue weighted by molar-refractivity contribution is 7.92. The predicted octanol–water partition coefficient (Wildman–Crippen LogP) is 4.48. The number of sulfonamides is 1. The van der Waals surface area contributed by atoms with E-state index in [2.05, 4.69) is 5.32 Å². The summed E-state index contributed by atoms with van der Waals surface area (Å²) in [7, 11) is -3.62. The number of fused-ring (bicyclic) bond motifs is 1. The van der Waals surface area contributed by atoms with Gasteiger partial charge in [0.1, 0.15) is 6.04 Å². The van der Waals surface area contributed by atoms with Crippen molar-refractivity contribution in [1.29, 1.82) is 0 Å². The summed E-state index contributed by atoms with van der Waals surface area (Å²) in [4.78, 5) is 28.2. The Balaban J connectivity index is 1.44. The number of anilines is 1. The zero-order chi connectivity index (χ0) is 28.0. The average Bonchev–Trinajstić information content (AvgIpc) is 3.38. The van der Waals surface area contributed by atoms with Crippen molar-refractivity contribution >= 4 is 39.1 Å². The Morgan fingerprint density at radius 2 is 1.74 bits per heavy atom. The van der Waals surface area contributed by atoms with Gasteiger partial charge < -0.3 is 19.7 Å². The number of halogens is 1. The number of hydrogen-bond donors (Lipinski definition) is 1. The van der Waals surface area contributed by atoms with E-state index in [1.807, 2.05) is 12.1 Å². The average molecular weight is 578 g/mol. The second kappa shape index (κ2) is 12.9. The summed E-state index contributed by atoms with van der Waals surface area (Å²) in [6.07, 6.45) is 6.73. The lowest BCUT2D eigenvalue weighted by atomic mass is 9.95. The first-order valence-corrected chi connectivity index (χ1v) is 15.6. The lowest BCUT2D eigenvalue weighted by Crippen LogP contribution is -2.50. The minimum absolute atomic E-state index is 0.0746. The number of rotatable bonds is 11. The Bertz CT molecular complexity index is 1260. The number of hydrogen-bond acceptors (Lipinski definition) is 6. The number of amides is 2. The van der Waals surface area contributed by atoms with Crippen molar-refractivity contribution in [3.63, 3.8) is 0 Å². The fourth-order valence-electron chi connectivity index (χ4n) is 4.98. The topological polar surface area (TPSA) is 105 Å². The van der Waals surface area contributed by atoms with Crippen LogP contribution < -0.4 is 19.1 Å². The molecule has 1 aliphatic carbocycles. The molecule has 0 bridgehead atoms. The van der Waals surface area contributed by atoms with E-state index in [1.54, 1.807) is 42.2 Å². The van der Waals surface area contributed by atoms with E-state index in [1.165, 1.54) is 10.7 Å². The van der Waals surface area contributed by atoms with Crippen molar-refractivity contribution < 1.29 is 27.5 Å². The summed E-state index contributed by atoms with van der Waals surface area (Å²) < 4.78 is 37.2. The van der Waals surface area contributed by atoms with Gasteiger partial charge in [0.15, 0.2) is 11.5 Å². The third-order valence-corrected chi connectivity index (χ3v) is 8.63. The lowest BCUT2D eigenvalue weighted by Gasteiger charge is -2.31. The number of carbonyl (C=O) groups excluding carboxylic acids is 2. The molecule has 212 valence electrons. The molecule has 0 unspecified atom stereocenters. The molecular weight excluding hydrogens is 542 g/mol. The fraction of sp³-hybridized carbons (Fsp3) is 0.500. The van der Waals surface area contributed by atoms with E-state index in [9.17, 15) is 18.0 Å². The Labute approximate surface area is 235 Å². The second-order valence-corrected chi connectivity index (χ2v) is 12.5. The second-order valence-electron chi connectivity index (χ2n) is 10.1. The van der Waals surface area contributed by atoms with Crippen LogP contribution in [0.1, 0.15) is 57.4 Å². The minimum atomic E-state index is -3.62. The smallest absolute Gasteiger partial charge is 0.242 e. The molecule has 2 aromatic carbocycles. The van der Waals surface area contributed by atoms with Crippen molar-refractivity contribution in [2.75, 3.05) is 23.9 Å². The Morgan fingerprint density at radius 1 is 1.05 bits per heavy atom. The molecular formula is C28H36ClN3O6S. The van der Waals surface area contributed by atoms with Crippen molar-refractivity contribution in [3.05, 3.63) is 53.1 Å². The molecule has 2 aliphatic rings. The van der Waals surface area contributed by atoms with Crippen LogP contribution in [0.2, 0.25) is 5.02 Å². The van der Waals surface area contributed by atoms with Gasteiger partial charge >= 0.3 is 0 Å². The maximum absolute atomic E-state index is 13.5. The normalized spacial score (nSPS) is 16.0. The van der Waals surface area contributed by atoms with Crippen molar-refractivity contribution in [2.45, 2.75) is 70.5 Å². The van der Waals surface area contributed by atoms with Crippen molar-refractivity contribution in [2.24, 2.45) is 0 Å². The van der Waals surface area contributed by atoms with Gasteiger partial charge in [-0.3, -0.25) is 13.9 Å². The molecule has 0 saturated heterocycles. The van der Waals surface area contributed by atoms with E-state index in [0.29, 0.717) is 22.2 Å². The molecule has 2 aromatic rings. The fourth-order valence-corrected chi connectivity index (χ4v) is 6.07. The van der Waals surface area contributed by atoms with Crippen LogP contribution in [0.15, 0.2) is 42.5 Å². The van der Waals surface area contributed by atoms with Crippen molar-refractivity contribution in [3.8, 4) is 11.5 Å². The third kappa shape index (κ3) is 7.79. The largest absolute Gasteiger partial charge is 0.454 e. The molecule has 1 atom stereocenters. The van der Waals surface area contributed by atoms with Crippen LogP contribution >= 0.6 is 11.6 Å². The van der Waals surface area contributed by atoms with Gasteiger partial charge in [0.2, 0.25) is 28.6 Å². The number of carbonyl (C=O) groups is 2. The van der Waals surface area contributed by atoms with Crippen LogP contribution in [-0.4, -0.2) is 56.8 Å². The van der Waals surface area contributed by atoms with Gasteiger partial charge in [-0.25, -0.2) is 8.42 Å². The molecule has 1 N–H and O–H groups in total. The lowest BCUT2D eigenvalue weighted by molar-refractivity contribution is -0.141. The molecule has 2 amide bonds. The van der Waals surface area contributed by atoms with Crippen molar-refractivity contribution in [1.82, 2.24) is 10.2 Å². The molecule has 1 saturated carbocycles. The maximum Gasteiger partial charge on any atom is 0.242 e. The SMILES string of the molecule is C[C@H](C(=O)NC1CCCCC1)N(Cc1ccc(Cl)cc1)C(=O)CCCN(c1ccc2c(c1)OCO2)S(C)(=O)=O. The van der Waals surface area contributed by atoms with Crippen LogP contribution in [0, 0.1) is 0 Å². The quantitative estimate of drug-likeness (QED) is 0.422. The molecule has 1 heterocycles. The number of nitrogens with one attached hydrogen (secondary N) is 1. The summed E-state index contributed by atoms with van der Waals surface area (Å²) in [6, 6.07) is 11.6. The Kier molecular flexibility index (Phi) is 9.61. The van der Waals surface area contributed by atoms with E-state index >= 15 is 0 Å². The zero-order valence-electron chi connectivity index (χ0n) is 22.4. The molecule has 39 heavy (non-hydrogen) atoms. The minimum Gasteiger partial charge on any atom is -0.454 e. The summed E-state index contributed by atoms with van der Waals surface area (Å²) in [5, 5.41) is 3.71. The first kappa shape index (κ1) is 29.0. The van der Waals surface area contributed by atoms with Gasteiger partial charge in [-0.2, -0.15) is 0 Å². The van der Waals surface area contributed by atoms with E-state index in [4.69, 9.17) is 21.1 Å². The van der Waals surface area contributed by atoms with Gasteiger partial charge in [-0.15, -0.1) is 0 Å². The molecule has 1 aliphatic heterocycles. The number of nitrogens with zero attached hydrogens (tertiary/aromatic N) is 2. The van der Waals surface area contributed by atoms with Gasteiger partial charge in [0.25, 0.3) is 0 Å². The molecule has 1 fully saturated rings. The maximum atomic E-state index is 13.5. The van der Waals surface area contributed by atoms with Gasteiger partial charge in [0, 0.05) is 36.6 Å². The van der Waals surface area contributed by atoms with Crippen LogP contribution in [-0.2, 0) is 26.2 Å². The Hall–Kier alpha value is -2.98. The summed E-state index contributed by atoms with van der Waals surface area (Å²) in [6.45, 7) is 2.17. The highest BCUT2D eigenvalue weighted by Crippen LogP contribution is 2.36. The van der Waals surface area contributed by atoms with Crippen LogP contribution in [0.25, 0.3) is 0 Å². The van der Waals surface area contributed by atoms with Crippen LogP contribution in [0.5, 0.6) is 11.5 Å². The third-order valence-electron chi connectivity index (χ3n) is 7.18. The van der Waals surface area contributed by atoms with Crippen LogP contribution in [0.4, 0.5) is 5.69 Å². The molecule has 0 radical (unpaired) electrons. The number of benzene rings is 2. The standard InChI is InChI=1S/C28H36ClN3O6S/c1-20(28(34)30-23-7-4-3-5-8-23)31(18-21-10-12-22(29)13-11-21)27(33)9-6-16-32(39(2,35)36)24-14-15-25-26(17-24)38-19-37-25/h10-15,17,20,23H,3-9,16,18-19H2,1-2H3,(H,30,34)/t20-/m1/s1. The van der Waals surface area contributed by atoms with E-state index in [0.717, 1.165) is 37.5 Å². The summed E-state index contributed by atoms with van der Waals surface area (Å²) in [5.74, 6) is 0.627. The Morgan fingerprint density at radius 3 is 2.44 bits per heavy atom. The summed E-state index contributed by atoms with van der Waals surface area (Å²) in [5.41, 5.74) is 1.29. The van der Waals surface area contributed by atoms with Crippen LogP contribution in [0.3, 0.4) is 0 Å². The van der Waals surface area contributed by atoms with Gasteiger partial charge in [-0.1, -0.05) is 43.0 Å². The molecule has 0 spiro atoms. The van der Waals surface area contributed by atoms with Gasteiger partial charge in [0.05, 0.1) is 11.9 Å². The monoisotopic (exact) mass is 577 g/mol. The predicted molar refractivity (Wildman–Crippen MR) is 150 cm³/mol. The van der Waals surface area contributed by atoms with E-state index in [-0.39, 0.29) is 50.6 Å². The molecule has 11 heteroatoms. The zero-order valence-corrected chi connectivity index (χ0v) is 24.0. The number of ether oxygens (including phenoxy) is 2. The summed E-state index contributed by atoms with van der Waals surface area (Å²) >= 11 is 6.04. The van der Waals surface area contributed by atoms with Gasteiger partial charge in [-0.05, 0) is 56.0 Å². The molecule has 0 aromatic heterocycles. The highest BCUT2D eigenvalue weighted by Gasteiger charge is 2.29. The molecule has 9 nitrogen and oxygen atoms in total. The first-order valence-electron chi connectivity index (χ1n) is 13.3. The first-order chi connectivity index (χ1) is 18.6.